The molecule has 4 nitrogen and oxygen atoms in total. The van der Waals surface area contributed by atoms with Crippen LogP contribution in [0.2, 0.25) is 0 Å². The lowest BCUT2D eigenvalue weighted by atomic mass is 9.97. The van der Waals surface area contributed by atoms with Gasteiger partial charge in [0.05, 0.1) is 11.1 Å². The molecule has 1 aromatic heterocycles. The lowest BCUT2D eigenvalue weighted by molar-refractivity contribution is -0.143. The SMILES string of the molecule is Cc1nnc([C@@H]2CCCN(C(=O)c3cc(C(F)(F)F)cc(C(F)(F)F)c3)C2)s1. The van der Waals surface area contributed by atoms with Gasteiger partial charge in [-0.25, -0.2) is 0 Å². The Bertz CT molecular complexity index is 844. The highest BCUT2D eigenvalue weighted by Crippen LogP contribution is 2.37. The van der Waals surface area contributed by atoms with Crippen molar-refractivity contribution in [3.05, 3.63) is 44.9 Å². The van der Waals surface area contributed by atoms with E-state index in [1.54, 1.807) is 6.92 Å². The Labute approximate surface area is 160 Å². The molecule has 1 amide bonds. The van der Waals surface area contributed by atoms with E-state index >= 15 is 0 Å². The smallest absolute Gasteiger partial charge is 0.338 e. The van der Waals surface area contributed by atoms with Crippen LogP contribution in [-0.4, -0.2) is 34.1 Å². The minimum atomic E-state index is -5.00. The molecule has 0 radical (unpaired) electrons. The number of halogens is 6. The van der Waals surface area contributed by atoms with Crippen molar-refractivity contribution in [3.63, 3.8) is 0 Å². The van der Waals surface area contributed by atoms with E-state index in [-0.39, 0.29) is 25.1 Å². The highest BCUT2D eigenvalue weighted by Gasteiger charge is 2.38. The first-order chi connectivity index (χ1) is 12.9. The second kappa shape index (κ2) is 7.34. The lowest BCUT2D eigenvalue weighted by Gasteiger charge is -2.32. The van der Waals surface area contributed by atoms with E-state index in [0.717, 1.165) is 11.4 Å². The van der Waals surface area contributed by atoms with E-state index in [9.17, 15) is 31.1 Å². The quantitative estimate of drug-likeness (QED) is 0.646. The zero-order valence-corrected chi connectivity index (χ0v) is 15.4. The van der Waals surface area contributed by atoms with E-state index in [2.05, 4.69) is 10.2 Å². The van der Waals surface area contributed by atoms with Gasteiger partial charge >= 0.3 is 12.4 Å². The molecule has 0 saturated carbocycles. The lowest BCUT2D eigenvalue weighted by Crippen LogP contribution is -2.39. The summed E-state index contributed by atoms with van der Waals surface area (Å²) in [5.74, 6) is -1.00. The number of hydrogen-bond acceptors (Lipinski definition) is 4. The number of hydrogen-bond donors (Lipinski definition) is 0. The first-order valence-electron chi connectivity index (χ1n) is 8.34. The van der Waals surface area contributed by atoms with Crippen molar-refractivity contribution >= 4 is 17.2 Å². The number of rotatable bonds is 2. The van der Waals surface area contributed by atoms with Gasteiger partial charge in [-0.2, -0.15) is 26.3 Å². The summed E-state index contributed by atoms with van der Waals surface area (Å²) in [6.45, 7) is 2.20. The fraction of sp³-hybridized carbons (Fsp3) is 0.471. The summed E-state index contributed by atoms with van der Waals surface area (Å²) in [5, 5.41) is 9.39. The summed E-state index contributed by atoms with van der Waals surface area (Å²) in [6, 6.07) is 0.951. The third-order valence-electron chi connectivity index (χ3n) is 4.43. The van der Waals surface area contributed by atoms with E-state index in [1.165, 1.54) is 16.2 Å². The molecule has 152 valence electrons. The standard InChI is InChI=1S/C17H15F6N3OS/c1-9-24-25-14(28-9)10-3-2-4-26(8-10)15(27)11-5-12(16(18,19)20)7-13(6-11)17(21,22)23/h5-7,10H,2-4,8H2,1H3/t10-/m1/s1. The molecule has 1 aliphatic rings. The van der Waals surface area contributed by atoms with Gasteiger partial charge in [0.1, 0.15) is 10.0 Å². The van der Waals surface area contributed by atoms with Gasteiger partial charge in [-0.1, -0.05) is 0 Å². The van der Waals surface area contributed by atoms with Crippen molar-refractivity contribution in [1.29, 1.82) is 0 Å². The van der Waals surface area contributed by atoms with Crippen LogP contribution in [0.25, 0.3) is 0 Å². The molecule has 0 bridgehead atoms. The molecule has 0 spiro atoms. The predicted octanol–water partition coefficient (Wildman–Crippen LogP) is 4.90. The summed E-state index contributed by atoms with van der Waals surface area (Å²) in [6.07, 6.45) is -8.70. The normalized spacial score (nSPS) is 18.4. The van der Waals surface area contributed by atoms with Gasteiger partial charge in [-0.15, -0.1) is 21.5 Å². The summed E-state index contributed by atoms with van der Waals surface area (Å²) < 4.78 is 78.1. The number of carbonyl (C=O) groups excluding carboxylic acids is 1. The van der Waals surface area contributed by atoms with Crippen molar-refractivity contribution in [2.24, 2.45) is 0 Å². The summed E-state index contributed by atoms with van der Waals surface area (Å²) in [4.78, 5) is 14.0. The van der Waals surface area contributed by atoms with Crippen molar-refractivity contribution in [1.82, 2.24) is 15.1 Å². The minimum absolute atomic E-state index is 0.0137. The van der Waals surface area contributed by atoms with Crippen LogP contribution < -0.4 is 0 Å². The summed E-state index contributed by atoms with van der Waals surface area (Å²) >= 11 is 1.36. The van der Waals surface area contributed by atoms with Gasteiger partial charge < -0.3 is 4.90 Å². The summed E-state index contributed by atoms with van der Waals surface area (Å²) in [5.41, 5.74) is -3.63. The second-order valence-electron chi connectivity index (χ2n) is 6.54. The molecule has 1 saturated heterocycles. The van der Waals surface area contributed by atoms with Crippen molar-refractivity contribution in [3.8, 4) is 0 Å². The number of benzene rings is 1. The fourth-order valence-corrected chi connectivity index (χ4v) is 3.93. The maximum absolute atomic E-state index is 13.0. The molecule has 2 aromatic rings. The molecule has 1 fully saturated rings. The third kappa shape index (κ3) is 4.45. The molecule has 11 heteroatoms. The first kappa shape index (κ1) is 20.6. The zero-order valence-electron chi connectivity index (χ0n) is 14.6. The molecule has 3 rings (SSSR count). The van der Waals surface area contributed by atoms with Crippen molar-refractivity contribution < 1.29 is 31.1 Å². The highest BCUT2D eigenvalue weighted by molar-refractivity contribution is 7.11. The Morgan fingerprint density at radius 3 is 2.18 bits per heavy atom. The molecule has 0 N–H and O–H groups in total. The maximum atomic E-state index is 13.0. The Morgan fingerprint density at radius 1 is 1.07 bits per heavy atom. The Morgan fingerprint density at radius 2 is 1.68 bits per heavy atom. The highest BCUT2D eigenvalue weighted by atomic mass is 32.1. The number of amides is 1. The largest absolute Gasteiger partial charge is 0.416 e. The Hall–Kier alpha value is -2.17. The van der Waals surface area contributed by atoms with Crippen LogP contribution in [-0.2, 0) is 12.4 Å². The monoisotopic (exact) mass is 423 g/mol. The van der Waals surface area contributed by atoms with E-state index in [1.807, 2.05) is 0 Å². The number of carbonyl (C=O) groups is 1. The molecule has 1 aliphatic heterocycles. The van der Waals surface area contributed by atoms with Crippen LogP contribution >= 0.6 is 11.3 Å². The van der Waals surface area contributed by atoms with Gasteiger partial charge in [-0.3, -0.25) is 4.79 Å². The molecule has 1 aromatic carbocycles. The second-order valence-corrected chi connectivity index (χ2v) is 7.76. The van der Waals surface area contributed by atoms with Crippen LogP contribution in [0.5, 0.6) is 0 Å². The minimum Gasteiger partial charge on any atom is -0.338 e. The zero-order chi connectivity index (χ0) is 20.7. The average molecular weight is 423 g/mol. The number of piperidine rings is 1. The third-order valence-corrected chi connectivity index (χ3v) is 5.44. The van der Waals surface area contributed by atoms with Gasteiger partial charge in [0.15, 0.2) is 0 Å². The number of nitrogens with zero attached hydrogens (tertiary/aromatic N) is 3. The van der Waals surface area contributed by atoms with E-state index in [4.69, 9.17) is 0 Å². The Kier molecular flexibility index (Phi) is 5.39. The molecule has 0 unspecified atom stereocenters. The van der Waals surface area contributed by atoms with E-state index < -0.39 is 35.0 Å². The van der Waals surface area contributed by atoms with Crippen LogP contribution in [0.4, 0.5) is 26.3 Å². The van der Waals surface area contributed by atoms with Crippen LogP contribution in [0.15, 0.2) is 18.2 Å². The predicted molar refractivity (Wildman–Crippen MR) is 89.0 cm³/mol. The Balaban J connectivity index is 1.90. The van der Waals surface area contributed by atoms with Gasteiger partial charge in [0, 0.05) is 24.6 Å². The van der Waals surface area contributed by atoms with Gasteiger partial charge in [0.2, 0.25) is 0 Å². The van der Waals surface area contributed by atoms with Crippen LogP contribution in [0, 0.1) is 6.92 Å². The number of alkyl halides is 6. The molecular weight excluding hydrogens is 408 g/mol. The molecular formula is C17H15F6N3OS. The number of likely N-dealkylation sites (tertiary alicyclic amines) is 1. The number of aromatic nitrogens is 2. The first-order valence-corrected chi connectivity index (χ1v) is 9.15. The molecule has 2 heterocycles. The molecule has 0 aliphatic carbocycles. The van der Waals surface area contributed by atoms with Crippen molar-refractivity contribution in [2.45, 2.75) is 38.0 Å². The van der Waals surface area contributed by atoms with Crippen LogP contribution in [0.3, 0.4) is 0 Å². The van der Waals surface area contributed by atoms with Gasteiger partial charge in [-0.05, 0) is 38.0 Å². The maximum Gasteiger partial charge on any atom is 0.416 e. The van der Waals surface area contributed by atoms with Crippen molar-refractivity contribution in [2.75, 3.05) is 13.1 Å². The molecule has 28 heavy (non-hydrogen) atoms. The number of aryl methyl sites for hydroxylation is 1. The molecule has 1 atom stereocenters. The van der Waals surface area contributed by atoms with E-state index in [0.29, 0.717) is 23.6 Å². The van der Waals surface area contributed by atoms with Gasteiger partial charge in [0.25, 0.3) is 5.91 Å². The van der Waals surface area contributed by atoms with Crippen LogP contribution in [0.1, 0.15) is 50.3 Å². The summed E-state index contributed by atoms with van der Waals surface area (Å²) in [7, 11) is 0. The topological polar surface area (TPSA) is 46.1 Å². The average Bonchev–Trinajstić information content (AvgIpc) is 3.06. The fourth-order valence-electron chi connectivity index (χ4n) is 3.10.